The van der Waals surface area contributed by atoms with Gasteiger partial charge in [0.1, 0.15) is 11.8 Å². The van der Waals surface area contributed by atoms with Crippen molar-refractivity contribution in [2.45, 2.75) is 32.9 Å². The summed E-state index contributed by atoms with van der Waals surface area (Å²) in [6.45, 7) is 5.35. The Morgan fingerprint density at radius 1 is 1.26 bits per heavy atom. The maximum Gasteiger partial charge on any atom is 0.338 e. The molecule has 9 heteroatoms. The Kier molecular flexibility index (Phi) is 7.44. The number of esters is 1. The highest BCUT2D eigenvalue weighted by molar-refractivity contribution is 14.1. The third kappa shape index (κ3) is 4.92. The highest BCUT2D eigenvalue weighted by Gasteiger charge is 2.35. The Labute approximate surface area is 222 Å². The summed E-state index contributed by atoms with van der Waals surface area (Å²) in [6, 6.07) is 12.7. The first-order chi connectivity index (χ1) is 16.2. The maximum atomic E-state index is 13.7. The molecule has 0 unspecified atom stereocenters. The second-order valence-corrected chi connectivity index (χ2v) is 11.1. The van der Waals surface area contributed by atoms with Crippen LogP contribution in [0.2, 0.25) is 0 Å². The fourth-order valence-electron chi connectivity index (χ4n) is 3.82. The first-order valence-corrected chi connectivity index (χ1v) is 13.2. The molecule has 4 rings (SSSR count). The average Bonchev–Trinajstić information content (AvgIpc) is 3.06. The monoisotopic (exact) mass is 652 g/mol. The lowest BCUT2D eigenvalue weighted by atomic mass is 9.95. The Morgan fingerprint density at radius 3 is 2.71 bits per heavy atom. The zero-order chi connectivity index (χ0) is 24.6. The lowest BCUT2D eigenvalue weighted by Crippen LogP contribution is -2.40. The molecule has 0 N–H and O–H groups in total. The van der Waals surface area contributed by atoms with E-state index < -0.39 is 12.0 Å². The van der Waals surface area contributed by atoms with Gasteiger partial charge in [-0.15, -0.1) is 0 Å². The zero-order valence-corrected chi connectivity index (χ0v) is 23.5. The summed E-state index contributed by atoms with van der Waals surface area (Å²) >= 11 is 7.06. The van der Waals surface area contributed by atoms with Crippen LogP contribution in [0, 0.1) is 3.57 Å². The van der Waals surface area contributed by atoms with Crippen molar-refractivity contribution in [3.8, 4) is 5.75 Å². The van der Waals surface area contributed by atoms with E-state index in [-0.39, 0.29) is 11.7 Å². The molecule has 6 nitrogen and oxygen atoms in total. The number of thiazole rings is 1. The van der Waals surface area contributed by atoms with E-state index in [9.17, 15) is 9.59 Å². The van der Waals surface area contributed by atoms with E-state index in [1.54, 1.807) is 32.4 Å². The predicted octanol–water partition coefficient (Wildman–Crippen LogP) is 4.56. The van der Waals surface area contributed by atoms with Crippen molar-refractivity contribution in [2.24, 2.45) is 4.99 Å². The standard InChI is InChI=1S/C25H22BrIN2O4S/c1-13(2)33-24(31)21-14(3)28-25-29(22(21)18-12-16(26)8-9-19(18)32-4)23(30)20(34-25)11-15-6-5-7-17(27)10-15/h5-13,22H,1-4H3/b20-11-/t22-/m1/s1. The van der Waals surface area contributed by atoms with Crippen LogP contribution in [0.3, 0.4) is 0 Å². The molecule has 0 fully saturated rings. The zero-order valence-electron chi connectivity index (χ0n) is 19.0. The number of aromatic nitrogens is 1. The second kappa shape index (κ2) is 10.2. The summed E-state index contributed by atoms with van der Waals surface area (Å²) in [7, 11) is 1.57. The van der Waals surface area contributed by atoms with Crippen LogP contribution in [0.5, 0.6) is 5.75 Å². The average molecular weight is 653 g/mol. The molecular formula is C25H22BrIN2O4S. The summed E-state index contributed by atoms with van der Waals surface area (Å²) in [5, 5.41) is 0. The normalized spacial score (nSPS) is 15.9. The van der Waals surface area contributed by atoms with Gasteiger partial charge in [0.25, 0.3) is 5.56 Å². The van der Waals surface area contributed by atoms with Gasteiger partial charge >= 0.3 is 5.97 Å². The molecule has 1 aromatic heterocycles. The fraction of sp³-hybridized carbons (Fsp3) is 0.240. The summed E-state index contributed by atoms with van der Waals surface area (Å²) in [6.07, 6.45) is 1.54. The van der Waals surface area contributed by atoms with Crippen molar-refractivity contribution in [1.29, 1.82) is 0 Å². The maximum absolute atomic E-state index is 13.7. The Hall–Kier alpha value is -2.24. The number of halogens is 2. The molecule has 1 atom stereocenters. The predicted molar refractivity (Wildman–Crippen MR) is 145 cm³/mol. The Balaban J connectivity index is 2.01. The van der Waals surface area contributed by atoms with Gasteiger partial charge in [-0.3, -0.25) is 9.36 Å². The van der Waals surface area contributed by atoms with Crippen molar-refractivity contribution in [3.05, 3.63) is 92.6 Å². The molecule has 0 spiro atoms. The minimum Gasteiger partial charge on any atom is -0.496 e. The first-order valence-electron chi connectivity index (χ1n) is 10.5. The number of carbonyl (C=O) groups excluding carboxylic acids is 1. The van der Waals surface area contributed by atoms with Crippen LogP contribution in [0.1, 0.15) is 37.9 Å². The number of benzene rings is 2. The summed E-state index contributed by atoms with van der Waals surface area (Å²) in [5.74, 6) is 0.0557. The number of rotatable bonds is 5. The molecule has 1 aliphatic rings. The van der Waals surface area contributed by atoms with Crippen LogP contribution in [-0.2, 0) is 9.53 Å². The van der Waals surface area contributed by atoms with Crippen LogP contribution in [0.4, 0.5) is 0 Å². The van der Waals surface area contributed by atoms with Gasteiger partial charge in [0.05, 0.1) is 29.0 Å². The molecule has 176 valence electrons. The molecule has 0 saturated carbocycles. The van der Waals surface area contributed by atoms with E-state index in [2.05, 4.69) is 43.5 Å². The topological polar surface area (TPSA) is 69.9 Å². The quantitative estimate of drug-likeness (QED) is 0.299. The number of nitrogens with zero attached hydrogens (tertiary/aromatic N) is 2. The first kappa shape index (κ1) is 24.9. The highest BCUT2D eigenvalue weighted by atomic mass is 127. The van der Waals surface area contributed by atoms with Crippen molar-refractivity contribution in [2.75, 3.05) is 7.11 Å². The summed E-state index contributed by atoms with van der Waals surface area (Å²) in [4.78, 5) is 32.1. The largest absolute Gasteiger partial charge is 0.496 e. The second-order valence-electron chi connectivity index (χ2n) is 7.98. The molecule has 3 aromatic rings. The number of ether oxygens (including phenoxy) is 2. The molecule has 34 heavy (non-hydrogen) atoms. The van der Waals surface area contributed by atoms with Crippen molar-refractivity contribution >= 4 is 61.9 Å². The van der Waals surface area contributed by atoms with E-state index in [4.69, 9.17) is 9.47 Å². The molecule has 0 aliphatic carbocycles. The molecule has 0 amide bonds. The number of methoxy groups -OCH3 is 1. The molecule has 2 aromatic carbocycles. The third-order valence-corrected chi connectivity index (χ3v) is 7.36. The Morgan fingerprint density at radius 2 is 2.03 bits per heavy atom. The smallest absolute Gasteiger partial charge is 0.338 e. The van der Waals surface area contributed by atoms with Gasteiger partial charge in [0.2, 0.25) is 0 Å². The van der Waals surface area contributed by atoms with Gasteiger partial charge in [0.15, 0.2) is 4.80 Å². The Bertz CT molecular complexity index is 1490. The van der Waals surface area contributed by atoms with Gasteiger partial charge < -0.3 is 9.47 Å². The number of allylic oxidation sites excluding steroid dienone is 1. The highest BCUT2D eigenvalue weighted by Crippen LogP contribution is 2.37. The van der Waals surface area contributed by atoms with Crippen LogP contribution >= 0.6 is 49.9 Å². The van der Waals surface area contributed by atoms with Crippen LogP contribution in [-0.4, -0.2) is 23.8 Å². The van der Waals surface area contributed by atoms with E-state index in [1.165, 1.54) is 11.3 Å². The van der Waals surface area contributed by atoms with E-state index >= 15 is 0 Å². The van der Waals surface area contributed by atoms with Crippen molar-refractivity contribution in [3.63, 3.8) is 0 Å². The van der Waals surface area contributed by atoms with Crippen LogP contribution in [0.25, 0.3) is 6.08 Å². The van der Waals surface area contributed by atoms with Crippen molar-refractivity contribution < 1.29 is 14.3 Å². The fourth-order valence-corrected chi connectivity index (χ4v) is 5.81. The van der Waals surface area contributed by atoms with Gasteiger partial charge in [-0.25, -0.2) is 9.79 Å². The number of fused-ring (bicyclic) bond motifs is 1. The molecule has 0 bridgehead atoms. The number of carbonyl (C=O) groups is 1. The van der Waals surface area contributed by atoms with E-state index in [1.807, 2.05) is 48.5 Å². The molecular weight excluding hydrogens is 631 g/mol. The molecule has 2 heterocycles. The lowest BCUT2D eigenvalue weighted by molar-refractivity contribution is -0.143. The van der Waals surface area contributed by atoms with Crippen LogP contribution in [0.15, 0.2) is 68.0 Å². The summed E-state index contributed by atoms with van der Waals surface area (Å²) < 4.78 is 15.2. The SMILES string of the molecule is COc1ccc(Br)cc1[C@@H]1C(C(=O)OC(C)C)=C(C)N=c2s/c(=C\c3cccc(I)c3)c(=O)n21. The number of hydrogen-bond donors (Lipinski definition) is 0. The minimum atomic E-state index is -0.743. The molecule has 1 aliphatic heterocycles. The van der Waals surface area contributed by atoms with Gasteiger partial charge in [-0.1, -0.05) is 39.4 Å². The molecule has 0 saturated heterocycles. The lowest BCUT2D eigenvalue weighted by Gasteiger charge is -2.26. The van der Waals surface area contributed by atoms with E-state index in [0.717, 1.165) is 13.6 Å². The number of hydrogen-bond acceptors (Lipinski definition) is 6. The van der Waals surface area contributed by atoms with Crippen molar-refractivity contribution in [1.82, 2.24) is 4.57 Å². The van der Waals surface area contributed by atoms with Crippen LogP contribution < -0.4 is 19.6 Å². The van der Waals surface area contributed by atoms with Gasteiger partial charge in [0, 0.05) is 13.6 Å². The minimum absolute atomic E-state index is 0.225. The molecule has 0 radical (unpaired) electrons. The van der Waals surface area contributed by atoms with Gasteiger partial charge in [-0.2, -0.15) is 0 Å². The summed E-state index contributed by atoms with van der Waals surface area (Å²) in [5.41, 5.74) is 2.20. The van der Waals surface area contributed by atoms with E-state index in [0.29, 0.717) is 31.9 Å². The van der Waals surface area contributed by atoms with Gasteiger partial charge in [-0.05, 0) is 85.3 Å². The third-order valence-electron chi connectivity index (χ3n) is 5.22.